The standard InChI is InChI=1S/C9H9BrF2O2S/c1-2-15(13,14)5-7-8(11)3-6(10)4-9(7)12/h3-4H,2,5H2,1H3. The lowest BCUT2D eigenvalue weighted by Gasteiger charge is -2.05. The van der Waals surface area contributed by atoms with Crippen LogP contribution in [0.2, 0.25) is 0 Å². The fourth-order valence-corrected chi connectivity index (χ4v) is 2.35. The molecular weight excluding hydrogens is 290 g/mol. The van der Waals surface area contributed by atoms with Gasteiger partial charge in [0.05, 0.1) is 5.75 Å². The first-order valence-electron chi connectivity index (χ1n) is 4.19. The van der Waals surface area contributed by atoms with Crippen LogP contribution in [0, 0.1) is 11.6 Å². The molecule has 6 heteroatoms. The summed E-state index contributed by atoms with van der Waals surface area (Å²) < 4.78 is 49.2. The third kappa shape index (κ3) is 3.24. The molecule has 0 unspecified atom stereocenters. The van der Waals surface area contributed by atoms with Crippen LogP contribution in [0.25, 0.3) is 0 Å². The molecule has 0 radical (unpaired) electrons. The fraction of sp³-hybridized carbons (Fsp3) is 0.333. The zero-order valence-corrected chi connectivity index (χ0v) is 10.3. The summed E-state index contributed by atoms with van der Waals surface area (Å²) in [7, 11) is -3.43. The fourth-order valence-electron chi connectivity index (χ4n) is 1.03. The van der Waals surface area contributed by atoms with E-state index in [1.807, 2.05) is 0 Å². The van der Waals surface area contributed by atoms with Gasteiger partial charge in [-0.3, -0.25) is 0 Å². The van der Waals surface area contributed by atoms with Gasteiger partial charge < -0.3 is 0 Å². The van der Waals surface area contributed by atoms with Gasteiger partial charge in [0, 0.05) is 15.8 Å². The Labute approximate surface area is 95.4 Å². The van der Waals surface area contributed by atoms with Crippen LogP contribution in [0.5, 0.6) is 0 Å². The molecule has 0 amide bonds. The van der Waals surface area contributed by atoms with Crippen molar-refractivity contribution in [2.75, 3.05) is 5.75 Å². The Hall–Kier alpha value is -0.490. The molecule has 0 heterocycles. The highest BCUT2D eigenvalue weighted by Crippen LogP contribution is 2.21. The minimum Gasteiger partial charge on any atom is -0.229 e. The van der Waals surface area contributed by atoms with Gasteiger partial charge in [0.1, 0.15) is 11.6 Å². The second-order valence-electron chi connectivity index (χ2n) is 3.02. The molecule has 2 nitrogen and oxygen atoms in total. The normalized spacial score (nSPS) is 11.7. The summed E-state index contributed by atoms with van der Waals surface area (Å²) in [6.07, 6.45) is 0. The number of benzene rings is 1. The van der Waals surface area contributed by atoms with E-state index in [1.165, 1.54) is 6.92 Å². The first kappa shape index (κ1) is 12.6. The van der Waals surface area contributed by atoms with Crippen LogP contribution in [-0.2, 0) is 15.6 Å². The van der Waals surface area contributed by atoms with Gasteiger partial charge in [-0.15, -0.1) is 0 Å². The molecule has 0 fully saturated rings. The minimum atomic E-state index is -3.43. The Bertz CT molecular complexity index is 448. The molecule has 15 heavy (non-hydrogen) atoms. The summed E-state index contributed by atoms with van der Waals surface area (Å²) in [5, 5.41) is 0. The first-order chi connectivity index (χ1) is 6.85. The lowest BCUT2D eigenvalue weighted by atomic mass is 10.2. The van der Waals surface area contributed by atoms with Crippen LogP contribution in [-0.4, -0.2) is 14.2 Å². The summed E-state index contributed by atoms with van der Waals surface area (Å²) >= 11 is 2.91. The van der Waals surface area contributed by atoms with Crippen molar-refractivity contribution in [1.82, 2.24) is 0 Å². The van der Waals surface area contributed by atoms with E-state index in [9.17, 15) is 17.2 Å². The van der Waals surface area contributed by atoms with Gasteiger partial charge in [-0.2, -0.15) is 0 Å². The van der Waals surface area contributed by atoms with Crippen molar-refractivity contribution < 1.29 is 17.2 Å². The van der Waals surface area contributed by atoms with Gasteiger partial charge in [-0.25, -0.2) is 17.2 Å². The maximum absolute atomic E-state index is 13.2. The van der Waals surface area contributed by atoms with Crippen LogP contribution in [0.3, 0.4) is 0 Å². The van der Waals surface area contributed by atoms with E-state index < -0.39 is 32.8 Å². The zero-order chi connectivity index (χ0) is 11.6. The van der Waals surface area contributed by atoms with E-state index in [0.29, 0.717) is 0 Å². The summed E-state index contributed by atoms with van der Waals surface area (Å²) in [6.45, 7) is 1.43. The Balaban J connectivity index is 3.17. The highest BCUT2D eigenvalue weighted by molar-refractivity contribution is 9.10. The molecule has 0 bridgehead atoms. The second kappa shape index (κ2) is 4.57. The molecule has 0 saturated carbocycles. The van der Waals surface area contributed by atoms with Gasteiger partial charge in [0.2, 0.25) is 0 Å². The molecule has 0 saturated heterocycles. The molecule has 0 N–H and O–H groups in total. The van der Waals surface area contributed by atoms with Crippen molar-refractivity contribution in [1.29, 1.82) is 0 Å². The van der Waals surface area contributed by atoms with Crippen molar-refractivity contribution in [3.05, 3.63) is 33.8 Å². The highest BCUT2D eigenvalue weighted by Gasteiger charge is 2.17. The summed E-state index contributed by atoms with van der Waals surface area (Å²) in [5.74, 6) is -2.44. The Morgan fingerprint density at radius 2 is 1.73 bits per heavy atom. The van der Waals surface area contributed by atoms with Crippen LogP contribution < -0.4 is 0 Å². The van der Waals surface area contributed by atoms with E-state index in [0.717, 1.165) is 12.1 Å². The van der Waals surface area contributed by atoms with E-state index in [1.54, 1.807) is 0 Å². The summed E-state index contributed by atoms with van der Waals surface area (Å²) in [6, 6.07) is 2.09. The molecule has 0 aliphatic carbocycles. The molecule has 0 aliphatic rings. The maximum Gasteiger partial charge on any atom is 0.154 e. The predicted molar refractivity (Wildman–Crippen MR) is 57.2 cm³/mol. The molecule has 0 aromatic heterocycles. The van der Waals surface area contributed by atoms with Crippen molar-refractivity contribution in [3.8, 4) is 0 Å². The van der Waals surface area contributed by atoms with Crippen LogP contribution in [0.4, 0.5) is 8.78 Å². The molecular formula is C9H9BrF2O2S. The van der Waals surface area contributed by atoms with Crippen LogP contribution >= 0.6 is 15.9 Å². The van der Waals surface area contributed by atoms with Crippen LogP contribution in [0.1, 0.15) is 12.5 Å². The second-order valence-corrected chi connectivity index (χ2v) is 6.29. The lowest BCUT2D eigenvalue weighted by molar-refractivity contribution is 0.555. The van der Waals surface area contributed by atoms with Crippen molar-refractivity contribution in [2.24, 2.45) is 0 Å². The number of halogens is 3. The third-order valence-electron chi connectivity index (χ3n) is 1.91. The third-order valence-corrected chi connectivity index (χ3v) is 3.98. The monoisotopic (exact) mass is 298 g/mol. The number of hydrogen-bond donors (Lipinski definition) is 0. The van der Waals surface area contributed by atoms with Gasteiger partial charge >= 0.3 is 0 Å². The van der Waals surface area contributed by atoms with E-state index in [2.05, 4.69) is 15.9 Å². The number of rotatable bonds is 3. The minimum absolute atomic E-state index is 0.137. The molecule has 1 aromatic carbocycles. The molecule has 1 rings (SSSR count). The number of sulfone groups is 1. The maximum atomic E-state index is 13.2. The molecule has 0 atom stereocenters. The summed E-state index contributed by atoms with van der Waals surface area (Å²) in [5.41, 5.74) is -0.403. The van der Waals surface area contributed by atoms with E-state index in [4.69, 9.17) is 0 Å². The smallest absolute Gasteiger partial charge is 0.154 e. The molecule has 1 aromatic rings. The zero-order valence-electron chi connectivity index (χ0n) is 7.93. The highest BCUT2D eigenvalue weighted by atomic mass is 79.9. The van der Waals surface area contributed by atoms with Crippen molar-refractivity contribution in [3.63, 3.8) is 0 Å². The Kier molecular flexibility index (Phi) is 3.83. The predicted octanol–water partition coefficient (Wildman–Crippen LogP) is 2.66. The van der Waals surface area contributed by atoms with Gasteiger partial charge in [0.25, 0.3) is 0 Å². The Morgan fingerprint density at radius 1 is 1.27 bits per heavy atom. The first-order valence-corrected chi connectivity index (χ1v) is 6.81. The van der Waals surface area contributed by atoms with Gasteiger partial charge in [-0.1, -0.05) is 22.9 Å². The van der Waals surface area contributed by atoms with E-state index in [-0.39, 0.29) is 10.2 Å². The molecule has 84 valence electrons. The largest absolute Gasteiger partial charge is 0.229 e. The van der Waals surface area contributed by atoms with Crippen LogP contribution in [0.15, 0.2) is 16.6 Å². The van der Waals surface area contributed by atoms with Crippen molar-refractivity contribution >= 4 is 25.8 Å². The molecule has 0 spiro atoms. The average Bonchev–Trinajstić information content (AvgIpc) is 2.11. The lowest BCUT2D eigenvalue weighted by Crippen LogP contribution is -2.09. The topological polar surface area (TPSA) is 34.1 Å². The molecule has 0 aliphatic heterocycles. The van der Waals surface area contributed by atoms with E-state index >= 15 is 0 Å². The SMILES string of the molecule is CCS(=O)(=O)Cc1c(F)cc(Br)cc1F. The quantitative estimate of drug-likeness (QED) is 0.860. The van der Waals surface area contributed by atoms with Gasteiger partial charge in [-0.05, 0) is 12.1 Å². The average molecular weight is 299 g/mol. The van der Waals surface area contributed by atoms with Crippen molar-refractivity contribution in [2.45, 2.75) is 12.7 Å². The summed E-state index contributed by atoms with van der Waals surface area (Å²) in [4.78, 5) is 0. The Morgan fingerprint density at radius 3 is 2.13 bits per heavy atom. The van der Waals surface area contributed by atoms with Gasteiger partial charge in [0.15, 0.2) is 9.84 Å². The number of hydrogen-bond acceptors (Lipinski definition) is 2.